The lowest BCUT2D eigenvalue weighted by Gasteiger charge is -2.27. The van der Waals surface area contributed by atoms with Crippen LogP contribution in [0.3, 0.4) is 0 Å². The molecule has 0 radical (unpaired) electrons. The fourth-order valence-electron chi connectivity index (χ4n) is 1.65. The monoisotopic (exact) mass is 215 g/mol. The molecule has 6 heteroatoms. The van der Waals surface area contributed by atoms with E-state index < -0.39 is 0 Å². The molecule has 0 spiro atoms. The Morgan fingerprint density at radius 2 is 2.14 bits per heavy atom. The first-order valence-corrected chi connectivity index (χ1v) is 5.27. The van der Waals surface area contributed by atoms with E-state index in [2.05, 4.69) is 20.3 Å². The SMILES string of the molecule is Cn1nnc(CN2CCC(Cl)CC2)n1. The van der Waals surface area contributed by atoms with E-state index in [9.17, 15) is 0 Å². The van der Waals surface area contributed by atoms with Crippen LogP contribution in [-0.2, 0) is 13.6 Å². The van der Waals surface area contributed by atoms with Gasteiger partial charge in [0.1, 0.15) is 0 Å². The van der Waals surface area contributed by atoms with Gasteiger partial charge < -0.3 is 0 Å². The molecule has 1 aliphatic rings. The summed E-state index contributed by atoms with van der Waals surface area (Å²) in [5.41, 5.74) is 0. The summed E-state index contributed by atoms with van der Waals surface area (Å²) in [6.45, 7) is 2.86. The van der Waals surface area contributed by atoms with Crippen LogP contribution in [0.4, 0.5) is 0 Å². The number of piperidine rings is 1. The Morgan fingerprint density at radius 1 is 1.43 bits per heavy atom. The Bertz CT molecular complexity index is 292. The lowest BCUT2D eigenvalue weighted by atomic mass is 10.1. The Kier molecular flexibility index (Phi) is 2.98. The fourth-order valence-corrected chi connectivity index (χ4v) is 1.84. The third kappa shape index (κ3) is 2.42. The maximum absolute atomic E-state index is 6.01. The molecule has 0 unspecified atom stereocenters. The van der Waals surface area contributed by atoms with E-state index in [0.29, 0.717) is 5.38 Å². The number of tetrazole rings is 1. The molecule has 1 fully saturated rings. The van der Waals surface area contributed by atoms with Gasteiger partial charge in [0.15, 0.2) is 5.82 Å². The van der Waals surface area contributed by atoms with E-state index in [1.807, 2.05) is 0 Å². The normalized spacial score (nSPS) is 20.1. The molecule has 0 bridgehead atoms. The summed E-state index contributed by atoms with van der Waals surface area (Å²) in [7, 11) is 1.78. The molecule has 0 saturated carbocycles. The van der Waals surface area contributed by atoms with Gasteiger partial charge >= 0.3 is 0 Å². The van der Waals surface area contributed by atoms with Crippen molar-refractivity contribution in [1.29, 1.82) is 0 Å². The van der Waals surface area contributed by atoms with E-state index in [0.717, 1.165) is 38.3 Å². The summed E-state index contributed by atoms with van der Waals surface area (Å²) >= 11 is 6.01. The van der Waals surface area contributed by atoms with E-state index >= 15 is 0 Å². The number of hydrogen-bond acceptors (Lipinski definition) is 4. The topological polar surface area (TPSA) is 46.8 Å². The molecule has 0 N–H and O–H groups in total. The standard InChI is InChI=1S/C8H14ClN5/c1-13-11-8(10-12-13)6-14-4-2-7(9)3-5-14/h7H,2-6H2,1H3. The predicted molar refractivity (Wildman–Crippen MR) is 53.0 cm³/mol. The van der Waals surface area contributed by atoms with Crippen LogP contribution < -0.4 is 0 Å². The van der Waals surface area contributed by atoms with Crippen molar-refractivity contribution in [2.24, 2.45) is 7.05 Å². The van der Waals surface area contributed by atoms with E-state index in [-0.39, 0.29) is 0 Å². The first kappa shape index (κ1) is 9.86. The summed E-state index contributed by atoms with van der Waals surface area (Å²) in [6.07, 6.45) is 2.11. The molecule has 0 amide bonds. The highest BCUT2D eigenvalue weighted by atomic mass is 35.5. The second-order valence-corrected chi connectivity index (χ2v) is 4.26. The Morgan fingerprint density at radius 3 is 2.71 bits per heavy atom. The lowest BCUT2D eigenvalue weighted by molar-refractivity contribution is 0.218. The zero-order valence-electron chi connectivity index (χ0n) is 8.23. The van der Waals surface area contributed by atoms with Crippen molar-refractivity contribution >= 4 is 11.6 Å². The molecule has 78 valence electrons. The van der Waals surface area contributed by atoms with E-state index in [4.69, 9.17) is 11.6 Å². The van der Waals surface area contributed by atoms with Gasteiger partial charge in [-0.05, 0) is 18.1 Å². The molecule has 1 aromatic heterocycles. The third-order valence-corrected chi connectivity index (χ3v) is 2.87. The molecule has 2 rings (SSSR count). The van der Waals surface area contributed by atoms with Crippen LogP contribution >= 0.6 is 11.6 Å². The zero-order chi connectivity index (χ0) is 9.97. The number of aryl methyl sites for hydroxylation is 1. The van der Waals surface area contributed by atoms with Crippen LogP contribution in [-0.4, -0.2) is 43.6 Å². The average Bonchev–Trinajstić information content (AvgIpc) is 2.56. The summed E-state index contributed by atoms with van der Waals surface area (Å²) in [4.78, 5) is 3.81. The summed E-state index contributed by atoms with van der Waals surface area (Å²) < 4.78 is 0. The van der Waals surface area contributed by atoms with Gasteiger partial charge in [0.2, 0.25) is 0 Å². The van der Waals surface area contributed by atoms with Crippen LogP contribution in [0.1, 0.15) is 18.7 Å². The minimum absolute atomic E-state index is 0.348. The highest BCUT2D eigenvalue weighted by Crippen LogP contribution is 2.16. The summed E-state index contributed by atoms with van der Waals surface area (Å²) in [6, 6.07) is 0. The Labute approximate surface area is 88.0 Å². The molecule has 1 saturated heterocycles. The number of aromatic nitrogens is 4. The molecular formula is C8H14ClN5. The number of rotatable bonds is 2. The van der Waals surface area contributed by atoms with Crippen LogP contribution in [0.5, 0.6) is 0 Å². The Balaban J connectivity index is 1.86. The minimum Gasteiger partial charge on any atom is -0.296 e. The van der Waals surface area contributed by atoms with Crippen molar-refractivity contribution in [3.8, 4) is 0 Å². The van der Waals surface area contributed by atoms with Gasteiger partial charge in [0, 0.05) is 18.5 Å². The number of halogens is 1. The smallest absolute Gasteiger partial charge is 0.188 e. The molecular weight excluding hydrogens is 202 g/mol. The second kappa shape index (κ2) is 4.23. The van der Waals surface area contributed by atoms with Crippen molar-refractivity contribution in [1.82, 2.24) is 25.1 Å². The van der Waals surface area contributed by atoms with Crippen molar-refractivity contribution in [2.75, 3.05) is 13.1 Å². The molecule has 0 aromatic carbocycles. The molecule has 0 aliphatic carbocycles. The average molecular weight is 216 g/mol. The van der Waals surface area contributed by atoms with Gasteiger partial charge in [0.25, 0.3) is 0 Å². The van der Waals surface area contributed by atoms with Gasteiger partial charge in [-0.15, -0.1) is 21.8 Å². The summed E-state index contributed by atoms with van der Waals surface area (Å²) in [5, 5.41) is 12.2. The fraction of sp³-hybridized carbons (Fsp3) is 0.875. The molecule has 0 atom stereocenters. The zero-order valence-corrected chi connectivity index (χ0v) is 8.98. The lowest BCUT2D eigenvalue weighted by Crippen LogP contribution is -2.33. The van der Waals surface area contributed by atoms with Gasteiger partial charge in [0.05, 0.1) is 13.6 Å². The molecule has 5 nitrogen and oxygen atoms in total. The second-order valence-electron chi connectivity index (χ2n) is 3.65. The van der Waals surface area contributed by atoms with Crippen molar-refractivity contribution in [2.45, 2.75) is 24.8 Å². The van der Waals surface area contributed by atoms with Crippen LogP contribution in [0, 0.1) is 0 Å². The van der Waals surface area contributed by atoms with Crippen molar-refractivity contribution < 1.29 is 0 Å². The van der Waals surface area contributed by atoms with Crippen LogP contribution in [0.2, 0.25) is 0 Å². The molecule has 14 heavy (non-hydrogen) atoms. The predicted octanol–water partition coefficient (Wildman–Crippen LogP) is 0.413. The highest BCUT2D eigenvalue weighted by molar-refractivity contribution is 6.20. The Hall–Kier alpha value is -0.680. The maximum atomic E-state index is 6.01. The number of nitrogens with zero attached hydrogens (tertiary/aromatic N) is 5. The van der Waals surface area contributed by atoms with Crippen LogP contribution in [0.25, 0.3) is 0 Å². The molecule has 2 heterocycles. The molecule has 1 aliphatic heterocycles. The largest absolute Gasteiger partial charge is 0.296 e. The summed E-state index contributed by atoms with van der Waals surface area (Å²) in [5.74, 6) is 0.792. The molecule has 1 aromatic rings. The number of likely N-dealkylation sites (tertiary alicyclic amines) is 1. The number of alkyl halides is 1. The van der Waals surface area contributed by atoms with Crippen molar-refractivity contribution in [3.05, 3.63) is 5.82 Å². The quantitative estimate of drug-likeness (QED) is 0.671. The van der Waals surface area contributed by atoms with Gasteiger partial charge in [-0.25, -0.2) is 0 Å². The number of hydrogen-bond donors (Lipinski definition) is 0. The highest BCUT2D eigenvalue weighted by Gasteiger charge is 2.18. The third-order valence-electron chi connectivity index (χ3n) is 2.43. The first-order valence-electron chi connectivity index (χ1n) is 4.83. The van der Waals surface area contributed by atoms with E-state index in [1.165, 1.54) is 4.80 Å². The minimum atomic E-state index is 0.348. The van der Waals surface area contributed by atoms with Gasteiger partial charge in [-0.3, -0.25) is 4.90 Å². The van der Waals surface area contributed by atoms with Crippen molar-refractivity contribution in [3.63, 3.8) is 0 Å². The van der Waals surface area contributed by atoms with Gasteiger partial charge in [-0.2, -0.15) is 4.80 Å². The van der Waals surface area contributed by atoms with Gasteiger partial charge in [-0.1, -0.05) is 0 Å². The van der Waals surface area contributed by atoms with E-state index in [1.54, 1.807) is 7.05 Å². The van der Waals surface area contributed by atoms with Crippen LogP contribution in [0.15, 0.2) is 0 Å². The first-order chi connectivity index (χ1) is 6.74. The maximum Gasteiger partial charge on any atom is 0.188 e.